The lowest BCUT2D eigenvalue weighted by Gasteiger charge is -2.22. The normalized spacial score (nSPS) is 13.2. The largest absolute Gasteiger partial charge is 0.310 e. The van der Waals surface area contributed by atoms with Crippen LogP contribution in [-0.2, 0) is 0 Å². The van der Waals surface area contributed by atoms with E-state index in [1.807, 2.05) is 12.1 Å². The molecule has 1 atom stereocenters. The third-order valence-corrected chi connectivity index (χ3v) is 3.85. The Bertz CT molecular complexity index is 366. The van der Waals surface area contributed by atoms with Gasteiger partial charge in [-0.3, -0.25) is 0 Å². The zero-order valence-electron chi connectivity index (χ0n) is 12.6. The summed E-state index contributed by atoms with van der Waals surface area (Å²) in [5.41, 5.74) is 1.28. The second-order valence-corrected chi connectivity index (χ2v) is 5.83. The molecule has 1 aromatic rings. The highest BCUT2D eigenvalue weighted by Gasteiger charge is 2.09. The van der Waals surface area contributed by atoms with Gasteiger partial charge in [0.1, 0.15) is 0 Å². The maximum Gasteiger partial charge on any atom is 0.0409 e. The first kappa shape index (κ1) is 16.5. The van der Waals surface area contributed by atoms with Crippen molar-refractivity contribution in [3.8, 4) is 0 Å². The predicted molar refractivity (Wildman–Crippen MR) is 84.9 cm³/mol. The monoisotopic (exact) mass is 282 g/mol. The average Bonchev–Trinajstić information content (AvgIpc) is 2.38. The Balaban J connectivity index is 2.37. The third kappa shape index (κ3) is 5.94. The van der Waals surface area contributed by atoms with Crippen LogP contribution in [0.15, 0.2) is 24.3 Å². The van der Waals surface area contributed by atoms with Crippen LogP contribution in [0.5, 0.6) is 0 Å². The molecular formula is C16H27ClN2. The molecule has 1 rings (SSSR count). The first-order valence-electron chi connectivity index (χ1n) is 7.23. The molecule has 0 heterocycles. The van der Waals surface area contributed by atoms with E-state index in [1.54, 1.807) is 0 Å². The highest BCUT2D eigenvalue weighted by molar-refractivity contribution is 6.30. The van der Waals surface area contributed by atoms with Gasteiger partial charge in [0.25, 0.3) is 0 Å². The summed E-state index contributed by atoms with van der Waals surface area (Å²) in [6, 6.07) is 9.18. The topological polar surface area (TPSA) is 15.3 Å². The summed E-state index contributed by atoms with van der Waals surface area (Å²) < 4.78 is 0. The number of nitrogens with one attached hydrogen (secondary N) is 1. The van der Waals surface area contributed by atoms with Gasteiger partial charge >= 0.3 is 0 Å². The van der Waals surface area contributed by atoms with Gasteiger partial charge in [-0.05, 0) is 64.5 Å². The van der Waals surface area contributed by atoms with Gasteiger partial charge < -0.3 is 10.2 Å². The predicted octanol–water partition coefficient (Wildman–Crippen LogP) is 4.11. The Morgan fingerprint density at radius 2 is 2.05 bits per heavy atom. The molecule has 0 spiro atoms. The summed E-state index contributed by atoms with van der Waals surface area (Å²) >= 11 is 6.05. The lowest BCUT2D eigenvalue weighted by molar-refractivity contribution is 0.267. The summed E-state index contributed by atoms with van der Waals surface area (Å²) in [5, 5.41) is 4.44. The molecule has 0 saturated heterocycles. The van der Waals surface area contributed by atoms with Crippen molar-refractivity contribution >= 4 is 11.6 Å². The minimum atomic E-state index is 0.406. The van der Waals surface area contributed by atoms with Crippen molar-refractivity contribution in [2.45, 2.75) is 45.7 Å². The van der Waals surface area contributed by atoms with E-state index < -0.39 is 0 Å². The molecule has 2 nitrogen and oxygen atoms in total. The maximum absolute atomic E-state index is 6.05. The molecule has 108 valence electrons. The molecule has 0 bridgehead atoms. The quantitative estimate of drug-likeness (QED) is 0.722. The van der Waals surface area contributed by atoms with Gasteiger partial charge in [0.05, 0.1) is 0 Å². The van der Waals surface area contributed by atoms with Crippen molar-refractivity contribution in [2.75, 3.05) is 20.1 Å². The summed E-state index contributed by atoms with van der Waals surface area (Å²) in [6.07, 6.45) is 2.26. The number of nitrogens with zero attached hydrogens (tertiary/aromatic N) is 1. The molecule has 0 amide bonds. The summed E-state index contributed by atoms with van der Waals surface area (Å²) in [5.74, 6) is 0. The summed E-state index contributed by atoms with van der Waals surface area (Å²) in [6.45, 7) is 8.85. The Morgan fingerprint density at radius 3 is 2.63 bits per heavy atom. The van der Waals surface area contributed by atoms with Crippen molar-refractivity contribution < 1.29 is 0 Å². The van der Waals surface area contributed by atoms with E-state index in [2.05, 4.69) is 50.2 Å². The molecule has 1 N–H and O–H groups in total. The van der Waals surface area contributed by atoms with Crippen LogP contribution in [0.2, 0.25) is 5.02 Å². The fourth-order valence-electron chi connectivity index (χ4n) is 2.08. The van der Waals surface area contributed by atoms with Crippen LogP contribution >= 0.6 is 11.6 Å². The van der Waals surface area contributed by atoms with Gasteiger partial charge in [-0.15, -0.1) is 0 Å². The number of benzene rings is 1. The molecule has 3 heteroatoms. The van der Waals surface area contributed by atoms with E-state index in [0.717, 1.165) is 24.5 Å². The minimum Gasteiger partial charge on any atom is -0.310 e. The molecule has 0 saturated carbocycles. The zero-order chi connectivity index (χ0) is 14.3. The van der Waals surface area contributed by atoms with Crippen molar-refractivity contribution in [2.24, 2.45) is 0 Å². The first-order valence-corrected chi connectivity index (χ1v) is 7.61. The molecule has 19 heavy (non-hydrogen) atoms. The van der Waals surface area contributed by atoms with Crippen LogP contribution in [0, 0.1) is 0 Å². The number of hydrogen-bond acceptors (Lipinski definition) is 2. The zero-order valence-corrected chi connectivity index (χ0v) is 13.4. The second-order valence-electron chi connectivity index (χ2n) is 5.40. The molecular weight excluding hydrogens is 256 g/mol. The van der Waals surface area contributed by atoms with Gasteiger partial charge in [-0.2, -0.15) is 0 Å². The average molecular weight is 283 g/mol. The van der Waals surface area contributed by atoms with Crippen molar-refractivity contribution in [1.29, 1.82) is 0 Å². The summed E-state index contributed by atoms with van der Waals surface area (Å²) in [7, 11) is 2.18. The molecule has 0 fully saturated rings. The third-order valence-electron chi connectivity index (χ3n) is 3.62. The standard InChI is InChI=1S/C16H27ClN2/c1-5-16(14-8-6-9-15(17)12-14)18-10-7-11-19(4)13(2)3/h6,8-9,12-13,16,18H,5,7,10-11H2,1-4H3. The highest BCUT2D eigenvalue weighted by atomic mass is 35.5. The number of halogens is 1. The van der Waals surface area contributed by atoms with Gasteiger partial charge in [0.15, 0.2) is 0 Å². The Morgan fingerprint density at radius 1 is 1.32 bits per heavy atom. The van der Waals surface area contributed by atoms with Crippen LogP contribution in [0.25, 0.3) is 0 Å². The summed E-state index contributed by atoms with van der Waals surface area (Å²) in [4.78, 5) is 2.38. The molecule has 0 aromatic heterocycles. The SMILES string of the molecule is CCC(NCCCN(C)C(C)C)c1cccc(Cl)c1. The Labute approximate surface area is 123 Å². The van der Waals surface area contributed by atoms with E-state index in [9.17, 15) is 0 Å². The molecule has 0 aliphatic heterocycles. The van der Waals surface area contributed by atoms with Crippen LogP contribution in [-0.4, -0.2) is 31.1 Å². The van der Waals surface area contributed by atoms with E-state index in [4.69, 9.17) is 11.6 Å². The van der Waals surface area contributed by atoms with Crippen molar-refractivity contribution in [1.82, 2.24) is 10.2 Å². The van der Waals surface area contributed by atoms with Crippen LogP contribution in [0.3, 0.4) is 0 Å². The van der Waals surface area contributed by atoms with Crippen LogP contribution in [0.4, 0.5) is 0 Å². The Kier molecular flexibility index (Phi) is 7.44. The van der Waals surface area contributed by atoms with E-state index in [0.29, 0.717) is 12.1 Å². The van der Waals surface area contributed by atoms with Gasteiger partial charge in [-0.1, -0.05) is 30.7 Å². The fraction of sp³-hybridized carbons (Fsp3) is 0.625. The van der Waals surface area contributed by atoms with Gasteiger partial charge in [0, 0.05) is 17.1 Å². The second kappa shape index (κ2) is 8.57. The smallest absolute Gasteiger partial charge is 0.0409 e. The number of hydrogen-bond donors (Lipinski definition) is 1. The molecule has 0 radical (unpaired) electrons. The lowest BCUT2D eigenvalue weighted by Crippen LogP contribution is -2.30. The fourth-order valence-corrected chi connectivity index (χ4v) is 2.28. The highest BCUT2D eigenvalue weighted by Crippen LogP contribution is 2.20. The maximum atomic E-state index is 6.05. The van der Waals surface area contributed by atoms with Crippen molar-refractivity contribution in [3.05, 3.63) is 34.9 Å². The van der Waals surface area contributed by atoms with Gasteiger partial charge in [-0.25, -0.2) is 0 Å². The first-order chi connectivity index (χ1) is 9.04. The molecule has 1 unspecified atom stereocenters. The van der Waals surface area contributed by atoms with E-state index >= 15 is 0 Å². The number of rotatable bonds is 8. The lowest BCUT2D eigenvalue weighted by atomic mass is 10.0. The molecule has 0 aliphatic carbocycles. The van der Waals surface area contributed by atoms with Crippen molar-refractivity contribution in [3.63, 3.8) is 0 Å². The van der Waals surface area contributed by atoms with Crippen LogP contribution < -0.4 is 5.32 Å². The van der Waals surface area contributed by atoms with E-state index in [-0.39, 0.29) is 0 Å². The van der Waals surface area contributed by atoms with E-state index in [1.165, 1.54) is 12.0 Å². The van der Waals surface area contributed by atoms with Gasteiger partial charge in [0.2, 0.25) is 0 Å². The molecule has 0 aliphatic rings. The Hall–Kier alpha value is -0.570. The minimum absolute atomic E-state index is 0.406. The molecule has 1 aromatic carbocycles. The van der Waals surface area contributed by atoms with Crippen LogP contribution in [0.1, 0.15) is 45.2 Å².